The number of nitrogens with one attached hydrogen (secondary N) is 3. The van der Waals surface area contributed by atoms with Crippen LogP contribution in [0, 0.1) is 84.2 Å². The minimum absolute atomic E-state index is 0. The van der Waals surface area contributed by atoms with Gasteiger partial charge in [-0.2, -0.15) is 31.6 Å². The molecule has 6 heterocycles. The van der Waals surface area contributed by atoms with E-state index in [2.05, 4.69) is 137 Å². The first-order chi connectivity index (χ1) is 53.4. The van der Waals surface area contributed by atoms with E-state index in [1.54, 1.807) is 62.0 Å². The lowest BCUT2D eigenvalue weighted by Gasteiger charge is -2.09. The summed E-state index contributed by atoms with van der Waals surface area (Å²) < 4.78 is 0. The van der Waals surface area contributed by atoms with Crippen LogP contribution in [0.1, 0.15) is 66.8 Å². The van der Waals surface area contributed by atoms with E-state index in [0.717, 1.165) is 132 Å². The van der Waals surface area contributed by atoms with Gasteiger partial charge in [0.25, 0.3) is 0 Å². The second-order valence-electron chi connectivity index (χ2n) is 22.3. The van der Waals surface area contributed by atoms with Crippen molar-refractivity contribution in [3.8, 4) is 36.4 Å². The first-order valence-electron chi connectivity index (χ1n) is 32.5. The fourth-order valence-corrected chi connectivity index (χ4v) is 13.0. The van der Waals surface area contributed by atoms with Crippen molar-refractivity contribution in [2.75, 3.05) is 0 Å². The molecule has 0 fully saturated rings. The summed E-state index contributed by atoms with van der Waals surface area (Å²) in [5.74, 6) is 3.11. The Kier molecular flexibility index (Phi) is 57.6. The average Bonchev–Trinajstić information content (AvgIpc) is 0.846. The van der Waals surface area contributed by atoms with E-state index in [0.29, 0.717) is 73.4 Å². The van der Waals surface area contributed by atoms with Gasteiger partial charge in [-0.3, -0.25) is 46.1 Å². The highest BCUT2D eigenvalue weighted by Gasteiger charge is 2.14. The Balaban J connectivity index is -0.00000128. The number of nitrogens with zero attached hydrogens (tertiary/aromatic N) is 12. The molecule has 12 rings (SSSR count). The predicted octanol–water partition coefficient (Wildman–Crippen LogP) is 15.7. The van der Waals surface area contributed by atoms with E-state index >= 15 is 0 Å². The zero-order valence-electron chi connectivity index (χ0n) is 62.8. The number of halogens is 6. The van der Waals surface area contributed by atoms with E-state index in [9.17, 15) is 0 Å². The zero-order chi connectivity index (χ0) is 81.6. The molecule has 0 amide bonds. The lowest BCUT2D eigenvalue weighted by Crippen LogP contribution is -2.18. The Labute approximate surface area is 741 Å². The summed E-state index contributed by atoms with van der Waals surface area (Å²) in [4.78, 5) is 25.0. The number of aromatic nitrogens is 6. The van der Waals surface area contributed by atoms with Gasteiger partial charge in [-0.15, -0.1) is 72.0 Å². The van der Waals surface area contributed by atoms with Crippen molar-refractivity contribution in [1.29, 1.82) is 47.8 Å². The number of benzene rings is 6. The molecule has 0 aliphatic rings. The van der Waals surface area contributed by atoms with Gasteiger partial charge in [-0.25, -0.2) is 0 Å². The lowest BCUT2D eigenvalue weighted by atomic mass is 9.99. The Morgan fingerprint density at radius 3 is 0.872 bits per heavy atom. The summed E-state index contributed by atoms with van der Waals surface area (Å²) in [5, 5.41) is 85.6. The maximum absolute atomic E-state index is 8.94. The quantitative estimate of drug-likeness (QED) is 0.0196. The van der Waals surface area contributed by atoms with Crippen LogP contribution in [0.5, 0.6) is 0 Å². The number of hydrogen-bond donors (Lipinski definition) is 15. The Morgan fingerprint density at radius 2 is 0.556 bits per heavy atom. The molecule has 117 heavy (non-hydrogen) atoms. The van der Waals surface area contributed by atoms with E-state index in [1.165, 1.54) is 35.3 Å². The second-order valence-corrected chi connectivity index (χ2v) is 27.6. The Morgan fingerprint density at radius 1 is 0.316 bits per heavy atom. The fraction of sp³-hybridized carbons (Fsp3) is 0.154. The maximum atomic E-state index is 8.94. The highest BCUT2D eigenvalue weighted by Crippen LogP contribution is 2.30. The number of thiocarbonyl (C=S) groups is 3. The van der Waals surface area contributed by atoms with E-state index in [-0.39, 0.29) is 86.5 Å². The van der Waals surface area contributed by atoms with Gasteiger partial charge in [0.05, 0.1) is 86.0 Å². The molecular weight excluding hydrogens is 1720 g/mol. The van der Waals surface area contributed by atoms with Crippen molar-refractivity contribution in [1.82, 2.24) is 48.4 Å². The second kappa shape index (κ2) is 61.3. The maximum Gasteiger partial charge on any atom is 0.160 e. The van der Waals surface area contributed by atoms with Crippen LogP contribution in [0.25, 0.3) is 64.9 Å². The third kappa shape index (κ3) is 37.6. The summed E-state index contributed by atoms with van der Waals surface area (Å²) in [6, 6.07) is 52.3. The number of alkyl halides is 3. The van der Waals surface area contributed by atoms with Crippen molar-refractivity contribution < 1.29 is 0 Å². The van der Waals surface area contributed by atoms with Crippen LogP contribution >= 0.6 is 144 Å². The molecule has 0 aliphatic carbocycles. The molecule has 6 aromatic heterocycles. The van der Waals surface area contributed by atoms with Crippen LogP contribution < -0.4 is 70.1 Å². The molecule has 0 spiro atoms. The molecule has 0 atom stereocenters. The lowest BCUT2D eigenvalue weighted by molar-refractivity contribution is 1.20. The van der Waals surface area contributed by atoms with Crippen LogP contribution in [0.4, 0.5) is 0 Å². The number of pyridine rings is 6. The highest BCUT2D eigenvalue weighted by atomic mass is 35.5. The van der Waals surface area contributed by atoms with Gasteiger partial charge in [0.1, 0.15) is 0 Å². The molecule has 0 radical (unpaired) electrons. The first-order valence-corrected chi connectivity index (χ1v) is 38.3. The largest absolute Gasteiger partial charge is 0.379 e. The van der Waals surface area contributed by atoms with Crippen molar-refractivity contribution in [2.24, 2.45) is 51.6 Å². The van der Waals surface area contributed by atoms with Gasteiger partial charge >= 0.3 is 0 Å². The number of hydrogen-bond acceptors (Lipinski definition) is 24. The van der Waals surface area contributed by atoms with Gasteiger partial charge in [0, 0.05) is 129 Å². The summed E-state index contributed by atoms with van der Waals surface area (Å²) >= 11 is 33.6. The van der Waals surface area contributed by atoms with Gasteiger partial charge in [0.2, 0.25) is 0 Å². The molecule has 12 aromatic rings. The topological polar surface area (TPSA) is 631 Å². The van der Waals surface area contributed by atoms with Crippen molar-refractivity contribution >= 4 is 240 Å². The monoisotopic (exact) mass is 1800 g/mol. The minimum atomic E-state index is 0. The normalized spacial score (nSPS) is 9.21. The molecular formula is C78H87Cl6N27S6. The number of fused-ring (bicyclic) bond motifs is 6. The summed E-state index contributed by atoms with van der Waals surface area (Å²) in [7, 11) is 0. The predicted molar refractivity (Wildman–Crippen MR) is 504 cm³/mol. The molecule has 6 aromatic carbocycles. The third-order valence-corrected chi connectivity index (χ3v) is 18.4. The average molecular weight is 1810 g/mol. The van der Waals surface area contributed by atoms with Gasteiger partial charge in [-0.1, -0.05) is 120 Å². The molecule has 612 valence electrons. The van der Waals surface area contributed by atoms with Gasteiger partial charge in [0.15, 0.2) is 30.8 Å². The third-order valence-electron chi connectivity index (χ3n) is 15.2. The number of thioether (sulfide) groups is 3. The zero-order valence-corrected chi connectivity index (χ0v) is 72.4. The summed E-state index contributed by atoms with van der Waals surface area (Å²) in [5.41, 5.74) is 57.5. The van der Waals surface area contributed by atoms with Crippen molar-refractivity contribution in [3.05, 3.63) is 250 Å². The molecule has 30 N–H and O–H groups in total. The smallest absolute Gasteiger partial charge is 0.160 e. The first kappa shape index (κ1) is 110. The van der Waals surface area contributed by atoms with E-state index in [4.69, 9.17) is 99.8 Å². The van der Waals surface area contributed by atoms with E-state index < -0.39 is 0 Å². The molecule has 0 saturated carbocycles. The van der Waals surface area contributed by atoms with Crippen LogP contribution in [0.2, 0.25) is 0 Å². The summed E-state index contributed by atoms with van der Waals surface area (Å²) in [6.45, 7) is 0. The molecule has 39 heteroatoms. The SMILES string of the molecule is Cl.Cl.Cl.N.N.N.N#CCc1c(CCl)ccc2cccnc12.N#CCc1c(CCl)ccc2ccncc12.N#CCc1c(CCl)ccc2cnccc12.N#CCc1c(CSC(=N)N)ccc2cccnc12.N#CCc1c(CSC(=N)N)ccc2ccncc12.N#CCc1c(CSC(=N)N)ccc2cnccc12.NC(N)=S.NC(N)=S.NC(N)=S. The number of amidine groups is 3. The van der Waals surface area contributed by atoms with Crippen molar-refractivity contribution in [2.45, 2.75) is 73.4 Å². The fourth-order valence-electron chi connectivity index (χ4n) is 10.5. The summed E-state index contributed by atoms with van der Waals surface area (Å²) in [6.07, 6.45) is 19.7. The van der Waals surface area contributed by atoms with Crippen LogP contribution in [0.3, 0.4) is 0 Å². The Bertz CT molecular complexity index is 4970. The Hall–Kier alpha value is -11.1. The number of nitrogens with two attached hydrogens (primary N) is 9. The molecule has 0 aliphatic heterocycles. The van der Waals surface area contributed by atoms with Gasteiger partial charge in [-0.05, 0) is 161 Å². The number of nitriles is 6. The molecule has 0 unspecified atom stereocenters. The van der Waals surface area contributed by atoms with E-state index in [1.807, 2.05) is 121 Å². The van der Waals surface area contributed by atoms with Crippen molar-refractivity contribution in [3.63, 3.8) is 0 Å². The standard InChI is InChI=1S/3C13H12N4S.3C12H9ClN2.3CH4N2S.3ClH.3H3N/c14-5-3-11-10(8-18-13(15)16)2-1-9-7-17-6-4-12(9)11;14-5-3-11-10(8-18-13(15)16)2-1-9-4-6-17-7-12(9)11;14-6-5-11-10(8-18-13(15)16)4-3-9-2-1-7-17-12(9)11;13-7-9-1-2-10-8-15-6-4-12(10)11(9)3-5-14;13-7-10-2-1-9-4-6-15-8-12(9)11(10)3-5-14;13-8-10-4-3-9-2-1-7-15-12(9)11(10)5-6-14;3*2-1(3)4;;;;;;/h2*1-2,4,6-7H,3,8H2,(H3,15,16);1-4,7H,5,8H2,(H3,15,16);2*1-2,4,6,8H,3,7H2;1-4,7H,5,8H2;3*(H4,2,3,4);3*1H;3*1H3. The number of rotatable bonds is 15. The highest BCUT2D eigenvalue weighted by molar-refractivity contribution is 8.13. The van der Waals surface area contributed by atoms with Crippen LogP contribution in [-0.2, 0) is 73.4 Å². The molecule has 0 bridgehead atoms. The molecule has 27 nitrogen and oxygen atoms in total. The molecule has 0 saturated heterocycles. The minimum Gasteiger partial charge on any atom is -0.379 e. The van der Waals surface area contributed by atoms with Gasteiger partial charge < -0.3 is 70.1 Å². The van der Waals surface area contributed by atoms with Crippen LogP contribution in [-0.4, -0.2) is 60.7 Å². The van der Waals surface area contributed by atoms with Crippen LogP contribution in [0.15, 0.2) is 183 Å².